The lowest BCUT2D eigenvalue weighted by Crippen LogP contribution is -2.42. The van der Waals surface area contributed by atoms with Crippen LogP contribution in [0.15, 0.2) is 18.2 Å². The number of esters is 1. The van der Waals surface area contributed by atoms with Gasteiger partial charge in [-0.1, -0.05) is 6.92 Å². The highest BCUT2D eigenvalue weighted by molar-refractivity contribution is 5.94. The molecule has 3 atom stereocenters. The van der Waals surface area contributed by atoms with Crippen molar-refractivity contribution >= 4 is 11.9 Å². The van der Waals surface area contributed by atoms with Crippen LogP contribution >= 0.6 is 0 Å². The molecule has 1 aromatic rings. The van der Waals surface area contributed by atoms with E-state index in [4.69, 9.17) is 16.2 Å². The molecule has 3 unspecified atom stereocenters. The third-order valence-corrected chi connectivity index (χ3v) is 4.10. The fourth-order valence-corrected chi connectivity index (χ4v) is 3.04. The van der Waals surface area contributed by atoms with Crippen LogP contribution in [0.1, 0.15) is 54.4 Å². The van der Waals surface area contributed by atoms with Gasteiger partial charge in [0.1, 0.15) is 11.9 Å². The van der Waals surface area contributed by atoms with Gasteiger partial charge in [0.2, 0.25) is 5.91 Å². The van der Waals surface area contributed by atoms with Crippen molar-refractivity contribution in [2.75, 3.05) is 0 Å². The van der Waals surface area contributed by atoms with Crippen molar-refractivity contribution in [1.29, 1.82) is 0 Å². The quantitative estimate of drug-likeness (QED) is 0.830. The number of halogens is 1. The van der Waals surface area contributed by atoms with Gasteiger partial charge in [-0.05, 0) is 43.0 Å². The van der Waals surface area contributed by atoms with E-state index in [1.807, 2.05) is 0 Å². The SMILES string of the molecule is CCC(=O)OC1CCCC(N)C1c1cc(F)ccc1C(N)=O. The summed E-state index contributed by atoms with van der Waals surface area (Å²) in [4.78, 5) is 23.2. The number of amides is 1. The Balaban J connectivity index is 2.42. The number of carbonyl (C=O) groups is 2. The zero-order valence-electron chi connectivity index (χ0n) is 12.5. The smallest absolute Gasteiger partial charge is 0.305 e. The molecular weight excluding hydrogens is 287 g/mol. The molecule has 4 N–H and O–H groups in total. The van der Waals surface area contributed by atoms with E-state index in [1.165, 1.54) is 18.2 Å². The molecule has 1 saturated carbocycles. The van der Waals surface area contributed by atoms with Crippen LogP contribution in [0.25, 0.3) is 0 Å². The fraction of sp³-hybridized carbons (Fsp3) is 0.500. The first-order valence-electron chi connectivity index (χ1n) is 7.48. The summed E-state index contributed by atoms with van der Waals surface area (Å²) >= 11 is 0. The average molecular weight is 308 g/mol. The maximum atomic E-state index is 13.6. The van der Waals surface area contributed by atoms with Crippen molar-refractivity contribution < 1.29 is 18.7 Å². The molecule has 0 radical (unpaired) electrons. The summed E-state index contributed by atoms with van der Waals surface area (Å²) in [6, 6.07) is 3.49. The lowest BCUT2D eigenvalue weighted by molar-refractivity contribution is -0.151. The summed E-state index contributed by atoms with van der Waals surface area (Å²) in [6.45, 7) is 1.71. The molecule has 5 nitrogen and oxygen atoms in total. The van der Waals surface area contributed by atoms with E-state index in [0.717, 1.165) is 12.8 Å². The molecular formula is C16H21FN2O3. The Morgan fingerprint density at radius 2 is 2.09 bits per heavy atom. The van der Waals surface area contributed by atoms with E-state index in [2.05, 4.69) is 0 Å². The van der Waals surface area contributed by atoms with Crippen LogP contribution in [0.4, 0.5) is 4.39 Å². The molecule has 0 spiro atoms. The van der Waals surface area contributed by atoms with Crippen LogP contribution in [0, 0.1) is 5.82 Å². The molecule has 0 bridgehead atoms. The molecule has 120 valence electrons. The van der Waals surface area contributed by atoms with Gasteiger partial charge in [-0.25, -0.2) is 4.39 Å². The molecule has 0 aliphatic heterocycles. The van der Waals surface area contributed by atoms with Gasteiger partial charge in [-0.2, -0.15) is 0 Å². The first-order valence-corrected chi connectivity index (χ1v) is 7.48. The topological polar surface area (TPSA) is 95.4 Å². The van der Waals surface area contributed by atoms with Gasteiger partial charge < -0.3 is 16.2 Å². The first kappa shape index (κ1) is 16.4. The fourth-order valence-electron chi connectivity index (χ4n) is 3.04. The molecule has 0 aromatic heterocycles. The van der Waals surface area contributed by atoms with Gasteiger partial charge in [-0.3, -0.25) is 9.59 Å². The summed E-state index contributed by atoms with van der Waals surface area (Å²) in [5.74, 6) is -1.88. The lowest BCUT2D eigenvalue weighted by Gasteiger charge is -2.36. The number of carbonyl (C=O) groups excluding carboxylic acids is 2. The Morgan fingerprint density at radius 3 is 2.73 bits per heavy atom. The second-order valence-corrected chi connectivity index (χ2v) is 5.60. The average Bonchev–Trinajstić information content (AvgIpc) is 2.46. The largest absolute Gasteiger partial charge is 0.462 e. The summed E-state index contributed by atoms with van der Waals surface area (Å²) in [6.07, 6.45) is 1.97. The van der Waals surface area contributed by atoms with Gasteiger partial charge >= 0.3 is 5.97 Å². The van der Waals surface area contributed by atoms with Crippen LogP contribution in [-0.4, -0.2) is 24.0 Å². The highest BCUT2D eigenvalue weighted by atomic mass is 19.1. The minimum absolute atomic E-state index is 0.223. The lowest BCUT2D eigenvalue weighted by atomic mass is 9.76. The van der Waals surface area contributed by atoms with E-state index < -0.39 is 23.7 Å². The number of hydrogen-bond acceptors (Lipinski definition) is 4. The molecule has 6 heteroatoms. The molecule has 1 amide bonds. The second kappa shape index (κ2) is 6.87. The monoisotopic (exact) mass is 308 g/mol. The maximum Gasteiger partial charge on any atom is 0.305 e. The molecule has 1 aromatic carbocycles. The third kappa shape index (κ3) is 3.44. The number of primary amides is 1. The predicted molar refractivity (Wildman–Crippen MR) is 79.7 cm³/mol. The Morgan fingerprint density at radius 1 is 1.36 bits per heavy atom. The van der Waals surface area contributed by atoms with E-state index >= 15 is 0 Å². The van der Waals surface area contributed by atoms with Gasteiger partial charge in [-0.15, -0.1) is 0 Å². The van der Waals surface area contributed by atoms with Crippen molar-refractivity contribution in [3.63, 3.8) is 0 Å². The van der Waals surface area contributed by atoms with Crippen LogP contribution < -0.4 is 11.5 Å². The maximum absolute atomic E-state index is 13.6. The van der Waals surface area contributed by atoms with Crippen LogP contribution in [-0.2, 0) is 9.53 Å². The standard InChI is InChI=1S/C16H21FN2O3/c1-2-14(20)22-13-5-3-4-12(18)15(13)11-8-9(17)6-7-10(11)16(19)21/h6-8,12-13,15H,2-5,18H2,1H3,(H2,19,21). The summed E-state index contributed by atoms with van der Waals surface area (Å²) in [5, 5.41) is 0. The first-order chi connectivity index (χ1) is 10.4. The molecule has 0 heterocycles. The molecule has 2 rings (SSSR count). The van der Waals surface area contributed by atoms with Gasteiger partial charge in [0.15, 0.2) is 0 Å². The predicted octanol–water partition coefficient (Wildman–Crippen LogP) is 1.84. The Kier molecular flexibility index (Phi) is 5.13. The van der Waals surface area contributed by atoms with Gasteiger partial charge in [0, 0.05) is 23.9 Å². The van der Waals surface area contributed by atoms with E-state index in [9.17, 15) is 14.0 Å². The molecule has 1 aliphatic carbocycles. The Bertz CT molecular complexity index is 577. The van der Waals surface area contributed by atoms with E-state index in [0.29, 0.717) is 12.0 Å². The Labute approximate surface area is 128 Å². The minimum atomic E-state index is -0.645. The van der Waals surface area contributed by atoms with Crippen molar-refractivity contribution in [1.82, 2.24) is 0 Å². The second-order valence-electron chi connectivity index (χ2n) is 5.60. The Hall–Kier alpha value is -1.95. The molecule has 22 heavy (non-hydrogen) atoms. The van der Waals surface area contributed by atoms with Crippen molar-refractivity contribution in [3.8, 4) is 0 Å². The summed E-state index contributed by atoms with van der Waals surface area (Å²) < 4.78 is 19.1. The van der Waals surface area contributed by atoms with Crippen LogP contribution in [0.2, 0.25) is 0 Å². The normalized spacial score (nSPS) is 24.8. The van der Waals surface area contributed by atoms with Crippen molar-refractivity contribution in [3.05, 3.63) is 35.1 Å². The van der Waals surface area contributed by atoms with E-state index in [1.54, 1.807) is 6.92 Å². The summed E-state index contributed by atoms with van der Waals surface area (Å²) in [5.41, 5.74) is 12.2. The number of rotatable bonds is 4. The van der Waals surface area contributed by atoms with Crippen molar-refractivity contribution in [2.45, 2.75) is 50.7 Å². The summed E-state index contributed by atoms with van der Waals surface area (Å²) in [7, 11) is 0. The number of benzene rings is 1. The minimum Gasteiger partial charge on any atom is -0.462 e. The van der Waals surface area contributed by atoms with E-state index in [-0.39, 0.29) is 24.0 Å². The van der Waals surface area contributed by atoms with Crippen LogP contribution in [0.5, 0.6) is 0 Å². The number of ether oxygens (including phenoxy) is 1. The third-order valence-electron chi connectivity index (χ3n) is 4.10. The van der Waals surface area contributed by atoms with Crippen LogP contribution in [0.3, 0.4) is 0 Å². The highest BCUT2D eigenvalue weighted by Gasteiger charge is 2.37. The number of nitrogens with two attached hydrogens (primary N) is 2. The van der Waals surface area contributed by atoms with Crippen molar-refractivity contribution in [2.24, 2.45) is 11.5 Å². The van der Waals surface area contributed by atoms with Gasteiger partial charge in [0.05, 0.1) is 0 Å². The number of hydrogen-bond donors (Lipinski definition) is 2. The molecule has 1 aliphatic rings. The zero-order valence-corrected chi connectivity index (χ0v) is 12.5. The molecule has 0 saturated heterocycles. The van der Waals surface area contributed by atoms with Gasteiger partial charge in [0.25, 0.3) is 0 Å². The highest BCUT2D eigenvalue weighted by Crippen LogP contribution is 2.36. The molecule has 1 fully saturated rings. The zero-order chi connectivity index (χ0) is 16.3.